The minimum Gasteiger partial charge on any atom is -0.379 e. The highest BCUT2D eigenvalue weighted by Gasteiger charge is 2.31. The van der Waals surface area contributed by atoms with Crippen LogP contribution in [0.3, 0.4) is 0 Å². The van der Waals surface area contributed by atoms with Gasteiger partial charge < -0.3 is 10.1 Å². The number of hydrogen-bond acceptors (Lipinski definition) is 4. The zero-order valence-electron chi connectivity index (χ0n) is 16.2. The summed E-state index contributed by atoms with van der Waals surface area (Å²) in [4.78, 5) is 12.9. The predicted molar refractivity (Wildman–Crippen MR) is 116 cm³/mol. The van der Waals surface area contributed by atoms with Gasteiger partial charge in [0.2, 0.25) is 10.0 Å². The molecule has 30 heavy (non-hydrogen) atoms. The molecule has 1 N–H and O–H groups in total. The Balaban J connectivity index is 1.63. The number of nitrogens with one attached hydrogen (secondary N) is 1. The van der Waals surface area contributed by atoms with Crippen LogP contribution in [0.15, 0.2) is 41.3 Å². The van der Waals surface area contributed by atoms with Gasteiger partial charge >= 0.3 is 0 Å². The monoisotopic (exact) mass is 468 g/mol. The van der Waals surface area contributed by atoms with E-state index in [4.69, 9.17) is 27.9 Å². The van der Waals surface area contributed by atoms with E-state index < -0.39 is 15.9 Å². The standard InChI is InChI=1S/C21H22Cl2N2O4S/c22-17-13-18(23)20(30(27,28)25-8-10-29-11-9-25)12-16(17)21(26)24-19-7-3-5-14-4-1-2-6-15(14)19/h1-2,4,6,12-13,19H,3,5,7-11H2,(H,24,26)/t19-/m0/s1. The molecule has 0 aromatic heterocycles. The number of carbonyl (C=O) groups excluding carboxylic acids is 1. The van der Waals surface area contributed by atoms with E-state index in [1.54, 1.807) is 0 Å². The van der Waals surface area contributed by atoms with Crippen LogP contribution < -0.4 is 5.32 Å². The van der Waals surface area contributed by atoms with Gasteiger partial charge in [-0.1, -0.05) is 47.5 Å². The van der Waals surface area contributed by atoms with Crippen LogP contribution in [0, 0.1) is 0 Å². The Kier molecular flexibility index (Phi) is 6.36. The van der Waals surface area contributed by atoms with Gasteiger partial charge in [0.1, 0.15) is 4.90 Å². The van der Waals surface area contributed by atoms with Gasteiger partial charge in [0.15, 0.2) is 0 Å². The number of amides is 1. The highest BCUT2D eigenvalue weighted by molar-refractivity contribution is 7.89. The molecule has 0 saturated carbocycles. The maximum absolute atomic E-state index is 13.1. The molecular weight excluding hydrogens is 447 g/mol. The topological polar surface area (TPSA) is 75.7 Å². The van der Waals surface area contributed by atoms with Crippen molar-refractivity contribution in [2.45, 2.75) is 30.2 Å². The Morgan fingerprint density at radius 3 is 2.60 bits per heavy atom. The SMILES string of the molecule is O=C(N[C@H]1CCCc2ccccc21)c1cc(S(=O)(=O)N2CCOCC2)c(Cl)cc1Cl. The molecule has 6 nitrogen and oxygen atoms in total. The molecule has 4 rings (SSSR count). The molecule has 0 radical (unpaired) electrons. The summed E-state index contributed by atoms with van der Waals surface area (Å²) in [6.07, 6.45) is 2.76. The van der Waals surface area contributed by atoms with Crippen molar-refractivity contribution in [3.8, 4) is 0 Å². The van der Waals surface area contributed by atoms with Crippen molar-refractivity contribution >= 4 is 39.1 Å². The number of aryl methyl sites for hydroxylation is 1. The maximum Gasteiger partial charge on any atom is 0.253 e. The van der Waals surface area contributed by atoms with Gasteiger partial charge in [-0.15, -0.1) is 0 Å². The van der Waals surface area contributed by atoms with E-state index in [9.17, 15) is 13.2 Å². The van der Waals surface area contributed by atoms with Crippen molar-refractivity contribution in [1.29, 1.82) is 0 Å². The first-order valence-electron chi connectivity index (χ1n) is 9.83. The summed E-state index contributed by atoms with van der Waals surface area (Å²) in [7, 11) is -3.86. The van der Waals surface area contributed by atoms with Gasteiger partial charge in [0.25, 0.3) is 5.91 Å². The van der Waals surface area contributed by atoms with Gasteiger partial charge in [-0.05, 0) is 42.5 Å². The lowest BCUT2D eigenvalue weighted by molar-refractivity contribution is 0.0730. The molecule has 0 bridgehead atoms. The molecule has 1 saturated heterocycles. The maximum atomic E-state index is 13.1. The fourth-order valence-electron chi connectivity index (χ4n) is 3.97. The lowest BCUT2D eigenvalue weighted by atomic mass is 9.87. The summed E-state index contributed by atoms with van der Waals surface area (Å²) in [6.45, 7) is 1.11. The van der Waals surface area contributed by atoms with Gasteiger partial charge in [0, 0.05) is 13.1 Å². The first-order chi connectivity index (χ1) is 14.4. The van der Waals surface area contributed by atoms with Crippen molar-refractivity contribution in [2.75, 3.05) is 26.3 Å². The Labute approximate surface area is 186 Å². The number of fused-ring (bicyclic) bond motifs is 1. The minimum atomic E-state index is -3.86. The number of ether oxygens (including phenoxy) is 1. The number of sulfonamides is 1. The lowest BCUT2D eigenvalue weighted by Crippen LogP contribution is -2.40. The second-order valence-corrected chi connectivity index (χ2v) is 10.1. The number of morpholine rings is 1. The smallest absolute Gasteiger partial charge is 0.253 e. The largest absolute Gasteiger partial charge is 0.379 e. The Morgan fingerprint density at radius 2 is 1.83 bits per heavy atom. The van der Waals surface area contributed by atoms with Crippen molar-refractivity contribution in [3.05, 3.63) is 63.1 Å². The zero-order chi connectivity index (χ0) is 21.3. The van der Waals surface area contributed by atoms with Crippen LogP contribution in [0.1, 0.15) is 40.4 Å². The fourth-order valence-corrected chi connectivity index (χ4v) is 6.21. The van der Waals surface area contributed by atoms with Crippen LogP contribution in [-0.4, -0.2) is 44.9 Å². The molecule has 0 unspecified atom stereocenters. The highest BCUT2D eigenvalue weighted by Crippen LogP contribution is 2.33. The van der Waals surface area contributed by atoms with Crippen LogP contribution in [0.2, 0.25) is 10.0 Å². The third-order valence-corrected chi connectivity index (χ3v) is 8.20. The summed E-state index contributed by atoms with van der Waals surface area (Å²) < 4.78 is 32.7. The minimum absolute atomic E-state index is 0.00828. The normalized spacial score (nSPS) is 19.9. The molecular formula is C21H22Cl2N2O4S. The van der Waals surface area contributed by atoms with Gasteiger partial charge in [-0.25, -0.2) is 8.42 Å². The number of rotatable bonds is 4. The molecule has 9 heteroatoms. The summed E-state index contributed by atoms with van der Waals surface area (Å²) >= 11 is 12.5. The highest BCUT2D eigenvalue weighted by atomic mass is 35.5. The van der Waals surface area contributed by atoms with Gasteiger partial charge in [-0.2, -0.15) is 4.31 Å². The van der Waals surface area contributed by atoms with Crippen molar-refractivity contribution < 1.29 is 17.9 Å². The van der Waals surface area contributed by atoms with E-state index in [0.29, 0.717) is 13.2 Å². The van der Waals surface area contributed by atoms with Crippen LogP contribution in [0.5, 0.6) is 0 Å². The van der Waals surface area contributed by atoms with Crippen LogP contribution in [0.25, 0.3) is 0 Å². The third kappa shape index (κ3) is 4.22. The summed E-state index contributed by atoms with van der Waals surface area (Å²) in [5.41, 5.74) is 2.39. The molecule has 1 fully saturated rings. The van der Waals surface area contributed by atoms with E-state index in [-0.39, 0.29) is 39.6 Å². The van der Waals surface area contributed by atoms with Crippen molar-refractivity contribution in [2.24, 2.45) is 0 Å². The average Bonchev–Trinajstić information content (AvgIpc) is 2.74. The number of halogens is 2. The molecule has 1 heterocycles. The van der Waals surface area contributed by atoms with E-state index in [1.165, 1.54) is 22.0 Å². The van der Waals surface area contributed by atoms with Crippen LogP contribution in [-0.2, 0) is 21.2 Å². The van der Waals surface area contributed by atoms with Gasteiger partial charge in [0.05, 0.1) is 34.9 Å². The second kappa shape index (κ2) is 8.85. The summed E-state index contributed by atoms with van der Waals surface area (Å²) in [5.74, 6) is -0.420. The molecule has 1 aliphatic carbocycles. The molecule has 0 spiro atoms. The van der Waals surface area contributed by atoms with Crippen LogP contribution in [0.4, 0.5) is 0 Å². The van der Waals surface area contributed by atoms with E-state index >= 15 is 0 Å². The molecule has 2 aromatic carbocycles. The van der Waals surface area contributed by atoms with Gasteiger partial charge in [-0.3, -0.25) is 4.79 Å². The van der Waals surface area contributed by atoms with E-state index in [1.807, 2.05) is 18.2 Å². The van der Waals surface area contributed by atoms with E-state index in [0.717, 1.165) is 24.8 Å². The van der Waals surface area contributed by atoms with Crippen molar-refractivity contribution in [3.63, 3.8) is 0 Å². The number of carbonyl (C=O) groups is 1. The summed E-state index contributed by atoms with van der Waals surface area (Å²) in [6, 6.07) is 10.5. The van der Waals surface area contributed by atoms with E-state index in [2.05, 4.69) is 11.4 Å². The molecule has 1 amide bonds. The number of nitrogens with zero attached hydrogens (tertiary/aromatic N) is 1. The zero-order valence-corrected chi connectivity index (χ0v) is 18.6. The first kappa shape index (κ1) is 21.6. The number of hydrogen-bond donors (Lipinski definition) is 1. The average molecular weight is 469 g/mol. The molecule has 2 aliphatic rings. The third-order valence-electron chi connectivity index (χ3n) is 5.53. The van der Waals surface area contributed by atoms with Crippen LogP contribution >= 0.6 is 23.2 Å². The molecule has 1 aliphatic heterocycles. The Hall–Kier alpha value is -1.64. The molecule has 2 aromatic rings. The fraction of sp³-hybridized carbons (Fsp3) is 0.381. The lowest BCUT2D eigenvalue weighted by Gasteiger charge is -2.27. The Bertz CT molecular complexity index is 1070. The predicted octanol–water partition coefficient (Wildman–Crippen LogP) is 3.82. The molecule has 1 atom stereocenters. The quantitative estimate of drug-likeness (QED) is 0.739. The number of benzene rings is 2. The second-order valence-electron chi connectivity index (χ2n) is 7.40. The Morgan fingerprint density at radius 1 is 1.10 bits per heavy atom. The molecule has 160 valence electrons. The van der Waals surface area contributed by atoms with Crippen molar-refractivity contribution in [1.82, 2.24) is 9.62 Å². The summed E-state index contributed by atoms with van der Waals surface area (Å²) in [5, 5.41) is 3.12. The first-order valence-corrected chi connectivity index (χ1v) is 12.0.